The van der Waals surface area contributed by atoms with Crippen LogP contribution in [0.3, 0.4) is 0 Å². The predicted octanol–water partition coefficient (Wildman–Crippen LogP) is 1.80. The Bertz CT molecular complexity index is 356. The van der Waals surface area contributed by atoms with Crippen molar-refractivity contribution in [3.8, 4) is 0 Å². The van der Waals surface area contributed by atoms with E-state index in [-0.39, 0.29) is 0 Å². The second-order valence-corrected chi connectivity index (χ2v) is 4.32. The fourth-order valence-corrected chi connectivity index (χ4v) is 2.03. The Morgan fingerprint density at radius 1 is 1.33 bits per heavy atom. The first-order chi connectivity index (χ1) is 7.20. The Kier molecular flexibility index (Phi) is 2.71. The lowest BCUT2D eigenvalue weighted by atomic mass is 10.0. The van der Waals surface area contributed by atoms with Gasteiger partial charge in [-0.15, -0.1) is 0 Å². The molecule has 80 valence electrons. The monoisotopic (exact) mass is 203 g/mol. The second kappa shape index (κ2) is 4.01. The molecule has 0 amide bonds. The molecule has 0 saturated carbocycles. The van der Waals surface area contributed by atoms with Gasteiger partial charge >= 0.3 is 0 Å². The van der Waals surface area contributed by atoms with Crippen LogP contribution in [0, 0.1) is 5.92 Å². The maximum atomic E-state index is 4.60. The van der Waals surface area contributed by atoms with E-state index < -0.39 is 0 Å². The van der Waals surface area contributed by atoms with Crippen LogP contribution in [0.2, 0.25) is 0 Å². The van der Waals surface area contributed by atoms with Gasteiger partial charge in [0.2, 0.25) is 0 Å². The summed E-state index contributed by atoms with van der Waals surface area (Å²) in [5, 5.41) is 0. The first kappa shape index (κ1) is 10.1. The summed E-state index contributed by atoms with van der Waals surface area (Å²) in [6.07, 6.45) is 3.63. The topological polar surface area (TPSA) is 28.5 Å². The number of aromatic nitrogens is 1. The van der Waals surface area contributed by atoms with Crippen molar-refractivity contribution in [2.45, 2.75) is 19.9 Å². The molecule has 0 aromatic carbocycles. The minimum absolute atomic E-state index is 0.535. The fourth-order valence-electron chi connectivity index (χ4n) is 2.03. The Morgan fingerprint density at radius 2 is 2.00 bits per heavy atom. The number of nitrogens with zero attached hydrogens (tertiary/aromatic N) is 3. The molecule has 1 aliphatic rings. The highest BCUT2D eigenvalue weighted by molar-refractivity contribution is 5.99. The minimum atomic E-state index is 0.535. The van der Waals surface area contributed by atoms with E-state index in [1.165, 1.54) is 0 Å². The Labute approximate surface area is 90.9 Å². The molecule has 1 aromatic heterocycles. The largest absolute Gasteiger partial charge is 0.354 e. The van der Waals surface area contributed by atoms with E-state index in [0.717, 1.165) is 17.9 Å². The van der Waals surface area contributed by atoms with Crippen LogP contribution in [0.4, 0.5) is 0 Å². The molecule has 1 aromatic rings. The van der Waals surface area contributed by atoms with Gasteiger partial charge in [-0.25, -0.2) is 0 Å². The number of pyridine rings is 1. The predicted molar refractivity (Wildman–Crippen MR) is 62.0 cm³/mol. The molecule has 15 heavy (non-hydrogen) atoms. The van der Waals surface area contributed by atoms with E-state index >= 15 is 0 Å². The molecule has 0 saturated heterocycles. The van der Waals surface area contributed by atoms with Crippen LogP contribution in [0.1, 0.15) is 19.4 Å². The SMILES string of the molecule is CC(C)C1CN=C(c2ccncc2)N1C. The number of aliphatic imine (C=N–C) groups is 1. The molecule has 0 bridgehead atoms. The molecule has 1 aliphatic heterocycles. The van der Waals surface area contributed by atoms with Crippen LogP contribution in [-0.2, 0) is 0 Å². The van der Waals surface area contributed by atoms with E-state index in [1.807, 2.05) is 24.5 Å². The zero-order valence-electron chi connectivity index (χ0n) is 9.51. The minimum Gasteiger partial charge on any atom is -0.354 e. The van der Waals surface area contributed by atoms with Gasteiger partial charge in [0.25, 0.3) is 0 Å². The standard InChI is InChI=1S/C12H17N3/c1-9(2)11-8-14-12(15(11)3)10-4-6-13-7-5-10/h4-7,9,11H,8H2,1-3H3. The number of likely N-dealkylation sites (N-methyl/N-ethyl adjacent to an activating group) is 1. The highest BCUT2D eigenvalue weighted by Crippen LogP contribution is 2.19. The first-order valence-electron chi connectivity index (χ1n) is 5.38. The van der Waals surface area contributed by atoms with Gasteiger partial charge in [-0.05, 0) is 18.1 Å². The molecule has 0 N–H and O–H groups in total. The number of amidine groups is 1. The van der Waals surface area contributed by atoms with Gasteiger partial charge in [0.1, 0.15) is 5.84 Å². The van der Waals surface area contributed by atoms with Crippen LogP contribution >= 0.6 is 0 Å². The van der Waals surface area contributed by atoms with E-state index in [2.05, 4.69) is 35.8 Å². The van der Waals surface area contributed by atoms with E-state index in [1.54, 1.807) is 0 Å². The van der Waals surface area contributed by atoms with Crippen LogP contribution in [0.25, 0.3) is 0 Å². The summed E-state index contributed by atoms with van der Waals surface area (Å²) >= 11 is 0. The smallest absolute Gasteiger partial charge is 0.131 e. The summed E-state index contributed by atoms with van der Waals surface area (Å²) in [5.41, 5.74) is 1.16. The molecule has 0 spiro atoms. The summed E-state index contributed by atoms with van der Waals surface area (Å²) in [6.45, 7) is 5.39. The Balaban J connectivity index is 2.20. The van der Waals surface area contributed by atoms with E-state index in [0.29, 0.717) is 12.0 Å². The zero-order valence-corrected chi connectivity index (χ0v) is 9.51. The third kappa shape index (κ3) is 1.87. The van der Waals surface area contributed by atoms with Crippen molar-refractivity contribution < 1.29 is 0 Å². The average Bonchev–Trinajstić information content (AvgIpc) is 2.61. The molecular weight excluding hydrogens is 186 g/mol. The van der Waals surface area contributed by atoms with E-state index in [9.17, 15) is 0 Å². The summed E-state index contributed by atoms with van der Waals surface area (Å²) in [6, 6.07) is 4.56. The third-order valence-electron chi connectivity index (χ3n) is 2.97. The highest BCUT2D eigenvalue weighted by atomic mass is 15.2. The molecule has 1 unspecified atom stereocenters. The highest BCUT2D eigenvalue weighted by Gasteiger charge is 2.27. The van der Waals surface area contributed by atoms with Crippen molar-refractivity contribution in [2.24, 2.45) is 10.9 Å². The molecule has 1 atom stereocenters. The van der Waals surface area contributed by atoms with Crippen molar-refractivity contribution >= 4 is 5.84 Å². The lowest BCUT2D eigenvalue weighted by Gasteiger charge is -2.26. The van der Waals surface area contributed by atoms with Crippen LogP contribution < -0.4 is 0 Å². The number of rotatable bonds is 2. The maximum Gasteiger partial charge on any atom is 0.131 e. The van der Waals surface area contributed by atoms with E-state index in [4.69, 9.17) is 0 Å². The van der Waals surface area contributed by atoms with Gasteiger partial charge in [-0.3, -0.25) is 9.98 Å². The summed E-state index contributed by atoms with van der Waals surface area (Å²) < 4.78 is 0. The summed E-state index contributed by atoms with van der Waals surface area (Å²) in [5.74, 6) is 1.73. The molecule has 0 radical (unpaired) electrons. The van der Waals surface area contributed by atoms with Crippen molar-refractivity contribution in [1.29, 1.82) is 0 Å². The van der Waals surface area contributed by atoms with Gasteiger partial charge in [0.05, 0.1) is 12.6 Å². The van der Waals surface area contributed by atoms with Gasteiger partial charge in [0, 0.05) is 25.0 Å². The molecule has 0 fully saturated rings. The average molecular weight is 203 g/mol. The molecule has 2 rings (SSSR count). The Hall–Kier alpha value is -1.38. The van der Waals surface area contributed by atoms with Gasteiger partial charge in [0.15, 0.2) is 0 Å². The number of hydrogen-bond donors (Lipinski definition) is 0. The lowest BCUT2D eigenvalue weighted by molar-refractivity contribution is 0.319. The summed E-state index contributed by atoms with van der Waals surface area (Å²) in [7, 11) is 2.12. The molecule has 2 heterocycles. The Morgan fingerprint density at radius 3 is 2.53 bits per heavy atom. The maximum absolute atomic E-state index is 4.60. The molecule has 0 aliphatic carbocycles. The molecule has 3 heteroatoms. The van der Waals surface area contributed by atoms with Crippen molar-refractivity contribution in [3.05, 3.63) is 30.1 Å². The number of hydrogen-bond acceptors (Lipinski definition) is 3. The third-order valence-corrected chi connectivity index (χ3v) is 2.97. The normalized spacial score (nSPS) is 20.9. The van der Waals surface area contributed by atoms with Crippen molar-refractivity contribution in [2.75, 3.05) is 13.6 Å². The molecule has 3 nitrogen and oxygen atoms in total. The fraction of sp³-hybridized carbons (Fsp3) is 0.500. The quantitative estimate of drug-likeness (QED) is 0.733. The summed E-state index contributed by atoms with van der Waals surface area (Å²) in [4.78, 5) is 10.9. The van der Waals surface area contributed by atoms with Crippen molar-refractivity contribution in [1.82, 2.24) is 9.88 Å². The second-order valence-electron chi connectivity index (χ2n) is 4.32. The van der Waals surface area contributed by atoms with Gasteiger partial charge in [-0.2, -0.15) is 0 Å². The zero-order chi connectivity index (χ0) is 10.8. The van der Waals surface area contributed by atoms with Crippen LogP contribution in [0.15, 0.2) is 29.5 Å². The van der Waals surface area contributed by atoms with Crippen molar-refractivity contribution in [3.63, 3.8) is 0 Å². The lowest BCUT2D eigenvalue weighted by Crippen LogP contribution is -2.36. The molecular formula is C12H17N3. The van der Waals surface area contributed by atoms with Crippen LogP contribution in [-0.4, -0.2) is 35.4 Å². The van der Waals surface area contributed by atoms with Gasteiger partial charge in [-0.1, -0.05) is 13.8 Å². The van der Waals surface area contributed by atoms with Gasteiger partial charge < -0.3 is 4.90 Å². The first-order valence-corrected chi connectivity index (χ1v) is 5.38. The van der Waals surface area contributed by atoms with Crippen LogP contribution in [0.5, 0.6) is 0 Å².